The molecule has 0 aliphatic carbocycles. The van der Waals surface area contributed by atoms with E-state index in [2.05, 4.69) is 10.1 Å². The lowest BCUT2D eigenvalue weighted by molar-refractivity contribution is -0.149. The fourth-order valence-electron chi connectivity index (χ4n) is 3.17. The summed E-state index contributed by atoms with van der Waals surface area (Å²) in [6.07, 6.45) is -7.26. The molecule has 1 aromatic carbocycles. The summed E-state index contributed by atoms with van der Waals surface area (Å²) in [5.41, 5.74) is -0.343. The van der Waals surface area contributed by atoms with Gasteiger partial charge in [0, 0.05) is 11.8 Å². The maximum Gasteiger partial charge on any atom is 0.459 e. The first-order valence-electron chi connectivity index (χ1n) is 12.0. The Labute approximate surface area is 214 Å². The number of halogens is 1. The molecule has 0 amide bonds. The average Bonchev–Trinajstić information content (AvgIpc) is 3.11. The zero-order valence-corrected chi connectivity index (χ0v) is 21.6. The number of hydrogen-bond donors (Lipinski definition) is 3. The van der Waals surface area contributed by atoms with E-state index in [1.807, 2.05) is 0 Å². The summed E-state index contributed by atoms with van der Waals surface area (Å²) >= 11 is 5.06. The first-order valence-corrected chi connectivity index (χ1v) is 12.9. The van der Waals surface area contributed by atoms with Crippen molar-refractivity contribution in [2.24, 2.45) is 0 Å². The number of para-hydroxylation sites is 1. The summed E-state index contributed by atoms with van der Waals surface area (Å²) in [6, 6.07) is 6.33. The van der Waals surface area contributed by atoms with E-state index in [1.165, 1.54) is 32.2 Å². The van der Waals surface area contributed by atoms with Gasteiger partial charge < -0.3 is 19.1 Å². The van der Waals surface area contributed by atoms with E-state index in [0.717, 1.165) is 4.57 Å². The summed E-state index contributed by atoms with van der Waals surface area (Å²) in [6.45, 7) is 2.84. The van der Waals surface area contributed by atoms with Gasteiger partial charge in [-0.3, -0.25) is 23.7 Å². The molecule has 1 aliphatic heterocycles. The third-order valence-electron chi connectivity index (χ3n) is 4.93. The number of rotatable bonds is 10. The maximum absolute atomic E-state index is 15.1. The van der Waals surface area contributed by atoms with E-state index in [0.29, 0.717) is 0 Å². The van der Waals surface area contributed by atoms with Gasteiger partial charge in [0.2, 0.25) is 0 Å². The molecule has 198 valence electrons. The van der Waals surface area contributed by atoms with Gasteiger partial charge in [0.1, 0.15) is 24.0 Å². The normalized spacial score (nSPS) is 25.5. The van der Waals surface area contributed by atoms with Crippen LogP contribution in [0.3, 0.4) is 0 Å². The van der Waals surface area contributed by atoms with Crippen molar-refractivity contribution in [3.8, 4) is 5.75 Å². The average molecular weight is 548 g/mol. The van der Waals surface area contributed by atoms with Crippen LogP contribution >= 0.6 is 20.0 Å². The van der Waals surface area contributed by atoms with Crippen LogP contribution in [0.2, 0.25) is 0 Å². The van der Waals surface area contributed by atoms with Crippen molar-refractivity contribution in [1.82, 2.24) is 14.6 Å². The predicted molar refractivity (Wildman–Crippen MR) is 130 cm³/mol. The lowest BCUT2D eigenvalue weighted by atomic mass is 10.1. The second-order valence-electron chi connectivity index (χ2n) is 8.31. The number of carbonyl (C=O) groups is 1. The standard InChI is InChI=1S/C22H29FN3O8PS/c1-12(2)32-21(29)14(4)25-35(30,34-15-8-6-5-7-9-15)31-11-16-18(27)17(23)20(33-16)26-10-13(3)19(28)24-22(26)36/h5-10,12,14,16-18,20,27H,11H2,1-4H3,(H,25,30)(H,24,28,36)/t14-,16-,17+,18?,20-,35-/m0/s1/i11D2. The number of esters is 1. The van der Waals surface area contributed by atoms with Gasteiger partial charge in [-0.15, -0.1) is 0 Å². The summed E-state index contributed by atoms with van der Waals surface area (Å²) in [5.74, 6) is -0.808. The highest BCUT2D eigenvalue weighted by molar-refractivity contribution is 7.71. The van der Waals surface area contributed by atoms with Crippen LogP contribution in [0.4, 0.5) is 4.39 Å². The lowest BCUT2D eigenvalue weighted by Gasteiger charge is -2.25. The van der Waals surface area contributed by atoms with Crippen molar-refractivity contribution in [1.29, 1.82) is 0 Å². The van der Waals surface area contributed by atoms with Crippen molar-refractivity contribution < 1.29 is 40.1 Å². The summed E-state index contributed by atoms with van der Waals surface area (Å²) < 4.78 is 67.7. The van der Waals surface area contributed by atoms with Crippen LogP contribution in [0.5, 0.6) is 5.75 Å². The summed E-state index contributed by atoms with van der Waals surface area (Å²) in [5, 5.41) is 12.9. The Morgan fingerprint density at radius 2 is 2.06 bits per heavy atom. The summed E-state index contributed by atoms with van der Waals surface area (Å²) in [4.78, 5) is 26.4. The van der Waals surface area contributed by atoms with Crippen molar-refractivity contribution in [2.75, 3.05) is 6.56 Å². The number of ether oxygens (including phenoxy) is 2. The second-order valence-corrected chi connectivity index (χ2v) is 10.3. The van der Waals surface area contributed by atoms with Crippen LogP contribution in [0, 0.1) is 11.7 Å². The maximum atomic E-state index is 15.1. The van der Waals surface area contributed by atoms with Crippen molar-refractivity contribution in [3.05, 3.63) is 57.2 Å². The SMILES string of the molecule is [2H]C([2H])(O[P@@](=O)(N[C@@H](C)C(=O)OC(C)C)Oc1ccccc1)[C@@H]1O[C@H](n2cc(C)c(=O)[nH]c2=S)[C@H](F)C1O. The predicted octanol–water partition coefficient (Wildman–Crippen LogP) is 2.94. The second kappa shape index (κ2) is 11.8. The minimum absolute atomic E-state index is 0.00714. The lowest BCUT2D eigenvalue weighted by Crippen LogP contribution is -2.37. The van der Waals surface area contributed by atoms with Gasteiger partial charge in [0.15, 0.2) is 17.2 Å². The monoisotopic (exact) mass is 547 g/mol. The van der Waals surface area contributed by atoms with Gasteiger partial charge in [-0.25, -0.2) is 8.96 Å². The highest BCUT2D eigenvalue weighted by atomic mass is 32.1. The van der Waals surface area contributed by atoms with Gasteiger partial charge in [0.05, 0.1) is 15.4 Å². The van der Waals surface area contributed by atoms with Gasteiger partial charge in [-0.2, -0.15) is 5.09 Å². The molecule has 1 fully saturated rings. The van der Waals surface area contributed by atoms with Crippen LogP contribution in [0.1, 0.15) is 35.3 Å². The fraction of sp³-hybridized carbons (Fsp3) is 0.500. The number of aromatic amines is 1. The molecule has 1 aromatic heterocycles. The number of H-pyrrole nitrogens is 1. The number of aliphatic hydroxyl groups excluding tert-OH is 1. The van der Waals surface area contributed by atoms with Gasteiger partial charge in [0.25, 0.3) is 5.56 Å². The van der Waals surface area contributed by atoms with E-state index in [4.69, 9.17) is 33.5 Å². The molecule has 1 unspecified atom stereocenters. The molecule has 0 radical (unpaired) electrons. The Bertz CT molecular complexity index is 1310. The minimum atomic E-state index is -4.74. The smallest absolute Gasteiger partial charge is 0.459 e. The van der Waals surface area contributed by atoms with Crippen molar-refractivity contribution in [3.63, 3.8) is 0 Å². The molecule has 0 bridgehead atoms. The van der Waals surface area contributed by atoms with E-state index in [9.17, 15) is 19.3 Å². The first kappa shape index (κ1) is 25.2. The van der Waals surface area contributed by atoms with E-state index in [-0.39, 0.29) is 16.1 Å². The molecule has 1 saturated heterocycles. The highest BCUT2D eigenvalue weighted by Crippen LogP contribution is 2.46. The number of aryl methyl sites for hydroxylation is 1. The number of benzene rings is 1. The number of nitrogens with one attached hydrogen (secondary N) is 2. The van der Waals surface area contributed by atoms with E-state index < -0.39 is 62.6 Å². The largest absolute Gasteiger partial charge is 0.462 e. The summed E-state index contributed by atoms with van der Waals surface area (Å²) in [7, 11) is -4.74. The van der Waals surface area contributed by atoms with Crippen molar-refractivity contribution >= 4 is 25.9 Å². The van der Waals surface area contributed by atoms with E-state index in [1.54, 1.807) is 32.0 Å². The number of carbonyl (C=O) groups excluding carboxylic acids is 1. The van der Waals surface area contributed by atoms with Crippen LogP contribution < -0.4 is 15.2 Å². The molecule has 0 saturated carbocycles. The van der Waals surface area contributed by atoms with Gasteiger partial charge in [-0.05, 0) is 52.0 Å². The Balaban J connectivity index is 1.90. The molecule has 6 atom stereocenters. The van der Waals surface area contributed by atoms with Gasteiger partial charge >= 0.3 is 13.7 Å². The Morgan fingerprint density at radius 3 is 2.69 bits per heavy atom. The van der Waals surface area contributed by atoms with Crippen molar-refractivity contribution in [2.45, 2.75) is 64.4 Å². The first-order chi connectivity index (χ1) is 17.6. The van der Waals surface area contributed by atoms with E-state index >= 15 is 4.39 Å². The molecule has 3 N–H and O–H groups in total. The Kier molecular flexibility index (Phi) is 8.25. The number of aliphatic hydroxyl groups is 1. The highest BCUT2D eigenvalue weighted by Gasteiger charge is 2.47. The molecule has 2 aromatic rings. The van der Waals surface area contributed by atoms with Crippen LogP contribution in [0.15, 0.2) is 41.3 Å². The van der Waals surface area contributed by atoms with Crippen LogP contribution in [0.25, 0.3) is 0 Å². The minimum Gasteiger partial charge on any atom is -0.462 e. The number of alkyl halides is 1. The third-order valence-corrected chi connectivity index (χ3v) is 6.74. The third kappa shape index (κ3) is 6.87. The molecule has 3 rings (SSSR count). The molecule has 14 heteroatoms. The van der Waals surface area contributed by atoms with Gasteiger partial charge in [-0.1, -0.05) is 18.2 Å². The molecular weight excluding hydrogens is 516 g/mol. The molecule has 2 heterocycles. The number of aromatic nitrogens is 2. The topological polar surface area (TPSA) is 141 Å². The zero-order valence-electron chi connectivity index (χ0n) is 21.9. The fourth-order valence-corrected chi connectivity index (χ4v) is 4.78. The number of nitrogens with zero attached hydrogens (tertiary/aromatic N) is 1. The zero-order chi connectivity index (χ0) is 28.4. The Hall–Kier alpha value is -2.41. The van der Waals surface area contributed by atoms with Crippen LogP contribution in [-0.4, -0.2) is 57.7 Å². The van der Waals surface area contributed by atoms with Crippen LogP contribution in [-0.2, 0) is 23.4 Å². The molecule has 36 heavy (non-hydrogen) atoms. The quantitative estimate of drug-likeness (QED) is 0.231. The number of hydrogen-bond acceptors (Lipinski definition) is 9. The molecular formula is C22H29FN3O8PS. The molecule has 1 aliphatic rings. The molecule has 11 nitrogen and oxygen atoms in total. The Morgan fingerprint density at radius 1 is 1.39 bits per heavy atom. The molecule has 0 spiro atoms.